The van der Waals surface area contributed by atoms with Crippen LogP contribution in [0.5, 0.6) is 0 Å². The Morgan fingerprint density at radius 2 is 1.91 bits per heavy atom. The topological polar surface area (TPSA) is 26.3 Å². The second kappa shape index (κ2) is 10.7. The Labute approximate surface area is 98.3 Å². The molecular formula is C8H16ErO2. The zero-order valence-corrected chi connectivity index (χ0v) is 8.99. The van der Waals surface area contributed by atoms with E-state index >= 15 is 0 Å². The molecule has 0 aromatic carbocycles. The van der Waals surface area contributed by atoms with Crippen LogP contribution >= 0.6 is 0 Å². The van der Waals surface area contributed by atoms with E-state index in [0.29, 0.717) is 13.0 Å². The van der Waals surface area contributed by atoms with Crippen LogP contribution in [0.25, 0.3) is 0 Å². The van der Waals surface area contributed by atoms with Gasteiger partial charge in [0.05, 0.1) is 6.61 Å². The van der Waals surface area contributed by atoms with Gasteiger partial charge in [0.2, 0.25) is 0 Å². The standard InChI is InChI=1S/C8H16O2.Er/c1-3-5-6-7-8(9)10-4-2;/h3-7H2,1-2H3;. The first kappa shape index (κ1) is 14.3. The minimum Gasteiger partial charge on any atom is -0.466 e. The first-order valence-electron chi connectivity index (χ1n) is 3.96. The van der Waals surface area contributed by atoms with Crippen molar-refractivity contribution >= 4 is 5.97 Å². The average Bonchev–Trinajstić information content (AvgIpc) is 1.89. The maximum Gasteiger partial charge on any atom is 0.305 e. The van der Waals surface area contributed by atoms with E-state index in [0.717, 1.165) is 19.3 Å². The number of esters is 1. The van der Waals surface area contributed by atoms with Gasteiger partial charge in [0.25, 0.3) is 0 Å². The maximum atomic E-state index is 10.7. The van der Waals surface area contributed by atoms with Crippen molar-refractivity contribution in [1.82, 2.24) is 0 Å². The van der Waals surface area contributed by atoms with Crippen LogP contribution in [-0.2, 0) is 9.53 Å². The number of carbonyl (C=O) groups excluding carboxylic acids is 1. The average molecular weight is 311 g/mol. The van der Waals surface area contributed by atoms with Gasteiger partial charge in [-0.2, -0.15) is 0 Å². The van der Waals surface area contributed by atoms with E-state index < -0.39 is 0 Å². The molecule has 0 aliphatic rings. The van der Waals surface area contributed by atoms with Crippen LogP contribution in [0.2, 0.25) is 0 Å². The first-order chi connectivity index (χ1) is 4.81. The van der Waals surface area contributed by atoms with Crippen LogP contribution in [0.1, 0.15) is 39.5 Å². The summed E-state index contributed by atoms with van der Waals surface area (Å²) in [6.45, 7) is 4.45. The Morgan fingerprint density at radius 1 is 1.27 bits per heavy atom. The van der Waals surface area contributed by atoms with Crippen molar-refractivity contribution in [1.29, 1.82) is 0 Å². The van der Waals surface area contributed by atoms with E-state index in [2.05, 4.69) is 6.92 Å². The SMILES string of the molecule is CCCCCC(=O)OCC.[Er]. The van der Waals surface area contributed by atoms with Crippen LogP contribution in [-0.4, -0.2) is 12.6 Å². The third kappa shape index (κ3) is 10.7. The van der Waals surface area contributed by atoms with Gasteiger partial charge >= 0.3 is 5.97 Å². The van der Waals surface area contributed by atoms with E-state index in [1.807, 2.05) is 6.92 Å². The molecule has 11 heavy (non-hydrogen) atoms. The Morgan fingerprint density at radius 3 is 2.36 bits per heavy atom. The molecule has 72 valence electrons. The zero-order valence-electron chi connectivity index (χ0n) is 7.14. The van der Waals surface area contributed by atoms with Crippen LogP contribution in [0.3, 0.4) is 0 Å². The summed E-state index contributed by atoms with van der Waals surface area (Å²) in [7, 11) is 0. The normalized spacial score (nSPS) is 8.55. The fraction of sp³-hybridized carbons (Fsp3) is 0.875. The molecule has 0 saturated carbocycles. The number of hydrogen-bond acceptors (Lipinski definition) is 2. The van der Waals surface area contributed by atoms with E-state index in [-0.39, 0.29) is 43.3 Å². The Bertz CT molecular complexity index is 94.1. The minimum atomic E-state index is -0.0593. The van der Waals surface area contributed by atoms with Gasteiger partial charge in [0.1, 0.15) is 0 Å². The molecule has 0 aromatic rings. The van der Waals surface area contributed by atoms with Crippen molar-refractivity contribution in [3.8, 4) is 0 Å². The van der Waals surface area contributed by atoms with Gasteiger partial charge in [0, 0.05) is 43.7 Å². The molecule has 0 aromatic heterocycles. The summed E-state index contributed by atoms with van der Waals surface area (Å²) in [5, 5.41) is 0. The molecule has 0 heterocycles. The summed E-state index contributed by atoms with van der Waals surface area (Å²) >= 11 is 0. The second-order valence-electron chi connectivity index (χ2n) is 2.26. The summed E-state index contributed by atoms with van der Waals surface area (Å²) in [4.78, 5) is 10.7. The quantitative estimate of drug-likeness (QED) is 0.574. The Kier molecular flexibility index (Phi) is 13.9. The van der Waals surface area contributed by atoms with Gasteiger partial charge in [-0.15, -0.1) is 0 Å². The molecule has 0 unspecified atom stereocenters. The molecule has 0 radical (unpaired) electrons. The monoisotopic (exact) mass is 310 g/mol. The third-order valence-corrected chi connectivity index (χ3v) is 1.29. The molecule has 0 saturated heterocycles. The molecule has 0 spiro atoms. The molecule has 0 N–H and O–H groups in total. The van der Waals surface area contributed by atoms with Gasteiger partial charge < -0.3 is 4.74 Å². The van der Waals surface area contributed by atoms with E-state index in [1.165, 1.54) is 0 Å². The number of carbonyl (C=O) groups is 1. The summed E-state index contributed by atoms with van der Waals surface area (Å²) in [5.74, 6) is -0.0593. The van der Waals surface area contributed by atoms with Crippen molar-refractivity contribution in [2.45, 2.75) is 39.5 Å². The van der Waals surface area contributed by atoms with Crippen LogP contribution in [0, 0.1) is 37.3 Å². The van der Waals surface area contributed by atoms with Crippen LogP contribution in [0.4, 0.5) is 0 Å². The molecule has 3 heteroatoms. The molecule has 0 rings (SSSR count). The van der Waals surface area contributed by atoms with Crippen molar-refractivity contribution < 1.29 is 46.8 Å². The van der Waals surface area contributed by atoms with E-state index in [4.69, 9.17) is 4.74 Å². The first-order valence-corrected chi connectivity index (χ1v) is 3.96. The molecule has 0 amide bonds. The fourth-order valence-electron chi connectivity index (χ4n) is 0.752. The van der Waals surface area contributed by atoms with Crippen molar-refractivity contribution in [2.75, 3.05) is 6.61 Å². The molecule has 0 bridgehead atoms. The van der Waals surface area contributed by atoms with E-state index in [1.54, 1.807) is 0 Å². The predicted octanol–water partition coefficient (Wildman–Crippen LogP) is 2.13. The maximum absolute atomic E-state index is 10.7. The predicted molar refractivity (Wildman–Crippen MR) is 40.8 cm³/mol. The Hall–Kier alpha value is 0.717. The Balaban J connectivity index is 0. The van der Waals surface area contributed by atoms with Gasteiger partial charge in [-0.1, -0.05) is 19.8 Å². The molecule has 0 aliphatic carbocycles. The molecule has 0 fully saturated rings. The smallest absolute Gasteiger partial charge is 0.305 e. The van der Waals surface area contributed by atoms with Crippen molar-refractivity contribution in [3.63, 3.8) is 0 Å². The zero-order chi connectivity index (χ0) is 7.82. The molecule has 2 nitrogen and oxygen atoms in total. The summed E-state index contributed by atoms with van der Waals surface area (Å²) < 4.78 is 4.75. The number of hydrogen-bond donors (Lipinski definition) is 0. The number of ether oxygens (including phenoxy) is 1. The minimum absolute atomic E-state index is 0. The van der Waals surface area contributed by atoms with E-state index in [9.17, 15) is 4.79 Å². The molecule has 0 aliphatic heterocycles. The molecule has 0 atom stereocenters. The van der Waals surface area contributed by atoms with Gasteiger partial charge in [0.15, 0.2) is 0 Å². The molecular weight excluding hydrogens is 295 g/mol. The third-order valence-electron chi connectivity index (χ3n) is 1.29. The number of rotatable bonds is 5. The second-order valence-corrected chi connectivity index (χ2v) is 2.26. The summed E-state index contributed by atoms with van der Waals surface area (Å²) in [6.07, 6.45) is 3.83. The van der Waals surface area contributed by atoms with Crippen LogP contribution < -0.4 is 0 Å². The van der Waals surface area contributed by atoms with Gasteiger partial charge in [-0.3, -0.25) is 4.79 Å². The van der Waals surface area contributed by atoms with Crippen LogP contribution in [0.15, 0.2) is 0 Å². The fourth-order valence-corrected chi connectivity index (χ4v) is 0.752. The number of unbranched alkanes of at least 4 members (excludes halogenated alkanes) is 2. The summed E-state index contributed by atoms with van der Waals surface area (Å²) in [5.41, 5.74) is 0. The summed E-state index contributed by atoms with van der Waals surface area (Å²) in [6, 6.07) is 0. The van der Waals surface area contributed by atoms with Gasteiger partial charge in [-0.05, 0) is 13.3 Å². The van der Waals surface area contributed by atoms with Gasteiger partial charge in [-0.25, -0.2) is 0 Å². The van der Waals surface area contributed by atoms with Crippen molar-refractivity contribution in [3.05, 3.63) is 0 Å². The largest absolute Gasteiger partial charge is 0.466 e. The van der Waals surface area contributed by atoms with Crippen molar-refractivity contribution in [2.24, 2.45) is 0 Å².